The summed E-state index contributed by atoms with van der Waals surface area (Å²) in [4.78, 5) is 13.0. The number of para-hydroxylation sites is 1. The van der Waals surface area contributed by atoms with Crippen LogP contribution >= 0.6 is 0 Å². The van der Waals surface area contributed by atoms with E-state index in [4.69, 9.17) is 0 Å². The minimum Gasteiger partial charge on any atom is -0.303 e. The van der Waals surface area contributed by atoms with Gasteiger partial charge in [0.05, 0.1) is 5.52 Å². The number of fused-ring (bicyclic) bond motifs is 1. The van der Waals surface area contributed by atoms with Crippen molar-refractivity contribution in [2.24, 2.45) is 0 Å². The second-order valence-electron chi connectivity index (χ2n) is 5.65. The van der Waals surface area contributed by atoms with Crippen molar-refractivity contribution in [3.05, 3.63) is 66.0 Å². The fourth-order valence-electron chi connectivity index (χ4n) is 2.61. The van der Waals surface area contributed by atoms with Crippen LogP contribution in [0.5, 0.6) is 0 Å². The summed E-state index contributed by atoms with van der Waals surface area (Å²) in [7, 11) is 0. The number of anilines is 1. The fraction of sp³-hybridized carbons (Fsp3) is 0.0556. The molecule has 4 rings (SSSR count). The van der Waals surface area contributed by atoms with Crippen molar-refractivity contribution in [2.75, 3.05) is 5.32 Å². The predicted octanol–water partition coefficient (Wildman–Crippen LogP) is 2.49. The number of aromatic amines is 1. The summed E-state index contributed by atoms with van der Waals surface area (Å²) in [5.41, 5.74) is 2.00. The normalized spacial score (nSPS) is 11.7. The summed E-state index contributed by atoms with van der Waals surface area (Å²) in [6.45, 7) is 1.73. The average molecular weight is 345 g/mol. The first-order chi connectivity index (χ1) is 12.7. The van der Waals surface area contributed by atoms with Crippen LogP contribution in [0.15, 0.2) is 54.6 Å². The van der Waals surface area contributed by atoms with E-state index in [0.29, 0.717) is 17.3 Å². The van der Waals surface area contributed by atoms with Crippen LogP contribution in [0.1, 0.15) is 11.4 Å². The van der Waals surface area contributed by atoms with Crippen LogP contribution in [0.25, 0.3) is 22.7 Å². The molecule has 0 aliphatic heterocycles. The molecule has 2 N–H and O–H groups in total. The van der Waals surface area contributed by atoms with E-state index >= 15 is 0 Å². The van der Waals surface area contributed by atoms with Crippen LogP contribution in [0.3, 0.4) is 0 Å². The Morgan fingerprint density at radius 2 is 1.88 bits per heavy atom. The van der Waals surface area contributed by atoms with Gasteiger partial charge in [-0.1, -0.05) is 42.5 Å². The molecule has 4 aromatic rings. The number of amides is 1. The van der Waals surface area contributed by atoms with E-state index in [1.54, 1.807) is 13.0 Å². The molecular formula is C18H15N7O. The van der Waals surface area contributed by atoms with Crippen molar-refractivity contribution >= 4 is 34.4 Å². The molecule has 2 aromatic heterocycles. The number of aryl methyl sites for hydroxylation is 1. The molecule has 0 aliphatic rings. The zero-order chi connectivity index (χ0) is 17.9. The summed E-state index contributed by atoms with van der Waals surface area (Å²) in [5, 5.41) is 22.2. The molecule has 1 amide bonds. The van der Waals surface area contributed by atoms with E-state index in [0.717, 1.165) is 16.5 Å². The van der Waals surface area contributed by atoms with Gasteiger partial charge in [-0.05, 0) is 41.1 Å². The Balaban J connectivity index is 1.73. The molecule has 0 aliphatic carbocycles. The highest BCUT2D eigenvalue weighted by molar-refractivity contribution is 6.25. The van der Waals surface area contributed by atoms with Gasteiger partial charge in [0.2, 0.25) is 0 Å². The van der Waals surface area contributed by atoms with Crippen LogP contribution in [-0.2, 0) is 4.79 Å². The minimum atomic E-state index is -0.360. The van der Waals surface area contributed by atoms with Gasteiger partial charge in [-0.25, -0.2) is 0 Å². The molecule has 0 unspecified atom stereocenters. The van der Waals surface area contributed by atoms with Crippen LogP contribution in [0, 0.1) is 6.92 Å². The first kappa shape index (κ1) is 15.7. The second-order valence-corrected chi connectivity index (χ2v) is 5.65. The van der Waals surface area contributed by atoms with Gasteiger partial charge in [0.25, 0.3) is 5.91 Å². The number of carbonyl (C=O) groups excluding carboxylic acids is 1. The summed E-state index contributed by atoms with van der Waals surface area (Å²) in [6.07, 6.45) is 1.73. The molecular weight excluding hydrogens is 330 g/mol. The highest BCUT2D eigenvalue weighted by Crippen LogP contribution is 2.21. The van der Waals surface area contributed by atoms with Gasteiger partial charge in [0.15, 0.2) is 11.6 Å². The third kappa shape index (κ3) is 2.95. The maximum absolute atomic E-state index is 13.0. The van der Waals surface area contributed by atoms with Crippen molar-refractivity contribution in [2.45, 2.75) is 6.92 Å². The van der Waals surface area contributed by atoms with Gasteiger partial charge in [-0.15, -0.1) is 5.10 Å². The lowest BCUT2D eigenvalue weighted by Gasteiger charge is -2.08. The zero-order valence-electron chi connectivity index (χ0n) is 13.9. The lowest BCUT2D eigenvalue weighted by molar-refractivity contribution is -0.111. The van der Waals surface area contributed by atoms with Crippen molar-refractivity contribution in [3.63, 3.8) is 0 Å². The molecule has 26 heavy (non-hydrogen) atoms. The molecule has 0 saturated heterocycles. The monoisotopic (exact) mass is 345 g/mol. The molecule has 0 fully saturated rings. The molecule has 0 atom stereocenters. The Morgan fingerprint density at radius 3 is 2.65 bits per heavy atom. The maximum atomic E-state index is 13.0. The number of rotatable bonds is 4. The number of aromatic nitrogens is 6. The molecule has 8 heteroatoms. The van der Waals surface area contributed by atoms with Gasteiger partial charge in [-0.3, -0.25) is 9.89 Å². The molecule has 0 saturated carbocycles. The van der Waals surface area contributed by atoms with Crippen LogP contribution in [-0.4, -0.2) is 36.3 Å². The number of nitrogens with zero attached hydrogens (tertiary/aromatic N) is 5. The smallest absolute Gasteiger partial charge is 0.275 e. The SMILES string of the molecule is Cc1nnnn1/C(=C\c1ccccc1)C(=O)Nc1n[nH]c2ccccc12. The van der Waals surface area contributed by atoms with Gasteiger partial charge >= 0.3 is 0 Å². The van der Waals surface area contributed by atoms with Gasteiger partial charge < -0.3 is 5.32 Å². The number of H-pyrrole nitrogens is 1. The number of tetrazole rings is 1. The van der Waals surface area contributed by atoms with Crippen LogP contribution in [0.4, 0.5) is 5.82 Å². The highest BCUT2D eigenvalue weighted by Gasteiger charge is 2.18. The fourth-order valence-corrected chi connectivity index (χ4v) is 2.61. The average Bonchev–Trinajstić information content (AvgIpc) is 3.27. The molecule has 2 heterocycles. The summed E-state index contributed by atoms with van der Waals surface area (Å²) < 4.78 is 1.40. The van der Waals surface area contributed by atoms with Gasteiger partial charge in [-0.2, -0.15) is 9.78 Å². The number of carbonyl (C=O) groups is 1. The number of hydrogen-bond donors (Lipinski definition) is 2. The van der Waals surface area contributed by atoms with E-state index in [9.17, 15) is 4.79 Å². The van der Waals surface area contributed by atoms with Crippen LogP contribution < -0.4 is 5.32 Å². The first-order valence-corrected chi connectivity index (χ1v) is 7.99. The third-order valence-corrected chi connectivity index (χ3v) is 3.89. The van der Waals surface area contributed by atoms with E-state index in [1.807, 2.05) is 54.6 Å². The molecule has 128 valence electrons. The minimum absolute atomic E-state index is 0.297. The van der Waals surface area contributed by atoms with E-state index in [1.165, 1.54) is 4.68 Å². The standard InChI is InChI=1S/C18H15N7O/c1-12-20-23-24-25(12)16(11-13-7-3-2-4-8-13)18(26)19-17-14-9-5-6-10-15(14)21-22-17/h2-11H,1H3,(H2,19,21,22,26)/b16-11-. The van der Waals surface area contributed by atoms with Crippen molar-refractivity contribution in [1.82, 2.24) is 30.4 Å². The van der Waals surface area contributed by atoms with Crippen molar-refractivity contribution in [1.29, 1.82) is 0 Å². The Labute approximate surface area is 148 Å². The Hall–Kier alpha value is -3.81. The quantitative estimate of drug-likeness (QED) is 0.553. The molecule has 8 nitrogen and oxygen atoms in total. The second kappa shape index (κ2) is 6.60. The van der Waals surface area contributed by atoms with E-state index in [-0.39, 0.29) is 5.91 Å². The maximum Gasteiger partial charge on any atom is 0.275 e. The van der Waals surface area contributed by atoms with Gasteiger partial charge in [0, 0.05) is 5.39 Å². The van der Waals surface area contributed by atoms with Crippen LogP contribution in [0.2, 0.25) is 0 Å². The van der Waals surface area contributed by atoms with E-state index < -0.39 is 0 Å². The van der Waals surface area contributed by atoms with E-state index in [2.05, 4.69) is 31.0 Å². The first-order valence-electron chi connectivity index (χ1n) is 7.99. The summed E-state index contributed by atoms with van der Waals surface area (Å²) in [6, 6.07) is 17.1. The van der Waals surface area contributed by atoms with Crippen molar-refractivity contribution < 1.29 is 4.79 Å². The molecule has 2 aromatic carbocycles. The lowest BCUT2D eigenvalue weighted by Crippen LogP contribution is -2.19. The Morgan fingerprint density at radius 1 is 1.12 bits per heavy atom. The number of hydrogen-bond acceptors (Lipinski definition) is 5. The molecule has 0 spiro atoms. The number of benzene rings is 2. The van der Waals surface area contributed by atoms with Crippen molar-refractivity contribution in [3.8, 4) is 0 Å². The Bertz CT molecular complexity index is 1090. The number of nitrogens with one attached hydrogen (secondary N) is 2. The molecule has 0 radical (unpaired) electrons. The lowest BCUT2D eigenvalue weighted by atomic mass is 10.2. The predicted molar refractivity (Wildman–Crippen MR) is 97.9 cm³/mol. The largest absolute Gasteiger partial charge is 0.303 e. The summed E-state index contributed by atoms with van der Waals surface area (Å²) in [5.74, 6) is 0.603. The summed E-state index contributed by atoms with van der Waals surface area (Å²) >= 11 is 0. The molecule has 0 bridgehead atoms. The zero-order valence-corrected chi connectivity index (χ0v) is 13.9. The Kier molecular flexibility index (Phi) is 3.98. The van der Waals surface area contributed by atoms with Gasteiger partial charge in [0.1, 0.15) is 5.70 Å². The third-order valence-electron chi connectivity index (χ3n) is 3.89. The topological polar surface area (TPSA) is 101 Å². The highest BCUT2D eigenvalue weighted by atomic mass is 16.2.